The van der Waals surface area contributed by atoms with Crippen LogP contribution in [0.25, 0.3) is 11.1 Å². The average molecular weight is 533 g/mol. The molecular formula is C27H29ClO7S. The normalized spacial score (nSPS) is 11.2. The Balaban J connectivity index is 1.67. The zero-order chi connectivity index (χ0) is 26.3. The number of carboxylic acid groups (broad SMARTS) is 1. The maximum absolute atomic E-state index is 11.3. The molecule has 3 aromatic rings. The van der Waals surface area contributed by atoms with Gasteiger partial charge in [0.2, 0.25) is 0 Å². The van der Waals surface area contributed by atoms with Gasteiger partial charge in [-0.1, -0.05) is 29.8 Å². The summed E-state index contributed by atoms with van der Waals surface area (Å²) < 4.78 is 39.4. The van der Waals surface area contributed by atoms with Crippen LogP contribution in [-0.2, 0) is 21.2 Å². The van der Waals surface area contributed by atoms with Crippen molar-refractivity contribution in [2.75, 3.05) is 25.2 Å². The van der Waals surface area contributed by atoms with E-state index in [9.17, 15) is 13.2 Å². The third-order valence-corrected chi connectivity index (χ3v) is 6.64. The maximum atomic E-state index is 11.3. The first-order chi connectivity index (χ1) is 17.0. The summed E-state index contributed by atoms with van der Waals surface area (Å²) >= 11 is 6.17. The first-order valence-corrected chi connectivity index (χ1v) is 13.7. The van der Waals surface area contributed by atoms with Gasteiger partial charge in [-0.25, -0.2) is 13.2 Å². The summed E-state index contributed by atoms with van der Waals surface area (Å²) in [4.78, 5) is 10.7. The first-order valence-electron chi connectivity index (χ1n) is 11.3. The van der Waals surface area contributed by atoms with Gasteiger partial charge in [0.05, 0.1) is 17.4 Å². The predicted octanol–water partition coefficient (Wildman–Crippen LogP) is 5.48. The van der Waals surface area contributed by atoms with E-state index in [1.165, 1.54) is 6.26 Å². The third-order valence-electron chi connectivity index (χ3n) is 5.31. The molecule has 0 fully saturated rings. The topological polar surface area (TPSA) is 99.1 Å². The Kier molecular flexibility index (Phi) is 9.23. The van der Waals surface area contributed by atoms with Gasteiger partial charge in [0.15, 0.2) is 6.61 Å². The van der Waals surface area contributed by atoms with Crippen molar-refractivity contribution < 1.29 is 32.5 Å². The molecule has 0 unspecified atom stereocenters. The van der Waals surface area contributed by atoms with E-state index >= 15 is 0 Å². The van der Waals surface area contributed by atoms with E-state index in [2.05, 4.69) is 6.07 Å². The largest absolute Gasteiger partial charge is 0.494 e. The summed E-state index contributed by atoms with van der Waals surface area (Å²) in [5.74, 6) is 0.560. The highest BCUT2D eigenvalue weighted by Crippen LogP contribution is 2.32. The van der Waals surface area contributed by atoms with Crippen LogP contribution in [0.15, 0.2) is 54.6 Å². The number of halogens is 1. The summed E-state index contributed by atoms with van der Waals surface area (Å²) in [6, 6.07) is 16.8. The highest BCUT2D eigenvalue weighted by Gasteiger charge is 2.11. The molecule has 0 aliphatic heterocycles. The highest BCUT2D eigenvalue weighted by molar-refractivity contribution is 7.90. The second-order valence-electron chi connectivity index (χ2n) is 8.53. The third kappa shape index (κ3) is 8.17. The van der Waals surface area contributed by atoms with E-state index in [1.54, 1.807) is 18.2 Å². The second-order valence-corrected chi connectivity index (χ2v) is 11.2. The SMILES string of the molecule is Cc1cc(OCCCS(C)(=O)=O)cc(C)c1-c1cccc(COc2ccc(OCC(=O)O)c(Cl)c2)c1. The Labute approximate surface area is 216 Å². The number of sulfone groups is 1. The lowest BCUT2D eigenvalue weighted by Crippen LogP contribution is -2.09. The van der Waals surface area contributed by atoms with Crippen LogP contribution < -0.4 is 14.2 Å². The molecule has 3 aromatic carbocycles. The molecule has 0 amide bonds. The van der Waals surface area contributed by atoms with Crippen molar-refractivity contribution in [3.63, 3.8) is 0 Å². The number of hydrogen-bond donors (Lipinski definition) is 1. The summed E-state index contributed by atoms with van der Waals surface area (Å²) in [5, 5.41) is 9.00. The molecule has 0 aromatic heterocycles. The quantitative estimate of drug-likeness (QED) is 0.308. The number of carboxylic acids is 1. The molecule has 7 nitrogen and oxygen atoms in total. The molecule has 9 heteroatoms. The van der Waals surface area contributed by atoms with Gasteiger partial charge in [0, 0.05) is 12.3 Å². The summed E-state index contributed by atoms with van der Waals surface area (Å²) in [6.07, 6.45) is 1.67. The molecule has 0 radical (unpaired) electrons. The van der Waals surface area contributed by atoms with Crippen molar-refractivity contribution in [1.82, 2.24) is 0 Å². The zero-order valence-corrected chi connectivity index (χ0v) is 22.0. The first kappa shape index (κ1) is 27.4. The van der Waals surface area contributed by atoms with Crippen molar-refractivity contribution in [2.45, 2.75) is 26.9 Å². The molecule has 36 heavy (non-hydrogen) atoms. The molecule has 0 aliphatic rings. The van der Waals surface area contributed by atoms with Crippen LogP contribution in [0.4, 0.5) is 0 Å². The van der Waals surface area contributed by atoms with E-state index in [-0.39, 0.29) is 16.5 Å². The van der Waals surface area contributed by atoms with Gasteiger partial charge in [-0.15, -0.1) is 0 Å². The Morgan fingerprint density at radius 2 is 1.67 bits per heavy atom. The molecule has 0 heterocycles. The van der Waals surface area contributed by atoms with Crippen LogP contribution in [0.5, 0.6) is 17.2 Å². The van der Waals surface area contributed by atoms with Crippen LogP contribution in [-0.4, -0.2) is 44.7 Å². The van der Waals surface area contributed by atoms with Crippen molar-refractivity contribution >= 4 is 27.4 Å². The van der Waals surface area contributed by atoms with Gasteiger partial charge < -0.3 is 19.3 Å². The number of rotatable bonds is 12. The van der Waals surface area contributed by atoms with Gasteiger partial charge in [0.1, 0.15) is 33.7 Å². The smallest absolute Gasteiger partial charge is 0.341 e. The van der Waals surface area contributed by atoms with Gasteiger partial charge in [-0.2, -0.15) is 0 Å². The van der Waals surface area contributed by atoms with E-state index < -0.39 is 22.4 Å². The minimum Gasteiger partial charge on any atom is -0.494 e. The Bertz CT molecular complexity index is 1310. The Morgan fingerprint density at radius 3 is 2.31 bits per heavy atom. The number of hydrogen-bond acceptors (Lipinski definition) is 6. The fourth-order valence-electron chi connectivity index (χ4n) is 3.78. The molecular weight excluding hydrogens is 504 g/mol. The van der Waals surface area contributed by atoms with Crippen LogP contribution in [0, 0.1) is 13.8 Å². The number of ether oxygens (including phenoxy) is 3. The number of carbonyl (C=O) groups is 1. The van der Waals surface area contributed by atoms with Crippen LogP contribution in [0.2, 0.25) is 5.02 Å². The standard InChI is InChI=1S/C27H29ClO7S/c1-18-12-23(33-10-5-11-36(3,31)32)13-19(2)27(18)21-7-4-6-20(14-21)16-34-22-8-9-25(24(28)15-22)35-17-26(29)30/h4,6-9,12-15H,5,10-11,16-17H2,1-3H3,(H,29,30). The molecule has 0 bridgehead atoms. The molecule has 1 N–H and O–H groups in total. The van der Waals surface area contributed by atoms with Gasteiger partial charge in [0.25, 0.3) is 0 Å². The minimum absolute atomic E-state index is 0.104. The molecule has 0 spiro atoms. The summed E-state index contributed by atoms with van der Waals surface area (Å²) in [5.41, 5.74) is 5.22. The Hall–Kier alpha value is -3.23. The van der Waals surface area contributed by atoms with E-state index in [4.69, 9.17) is 30.9 Å². The monoisotopic (exact) mass is 532 g/mol. The van der Waals surface area contributed by atoms with Crippen LogP contribution in [0.1, 0.15) is 23.1 Å². The molecule has 0 atom stereocenters. The molecule has 0 saturated heterocycles. The van der Waals surface area contributed by atoms with Gasteiger partial charge in [-0.05, 0) is 78.4 Å². The fraction of sp³-hybridized carbons (Fsp3) is 0.296. The van der Waals surface area contributed by atoms with Crippen molar-refractivity contribution in [3.8, 4) is 28.4 Å². The van der Waals surface area contributed by atoms with Crippen molar-refractivity contribution in [2.24, 2.45) is 0 Å². The van der Waals surface area contributed by atoms with E-state index in [0.717, 1.165) is 33.6 Å². The Morgan fingerprint density at radius 1 is 0.944 bits per heavy atom. The maximum Gasteiger partial charge on any atom is 0.341 e. The highest BCUT2D eigenvalue weighted by atomic mass is 35.5. The average Bonchev–Trinajstić information content (AvgIpc) is 2.79. The van der Waals surface area contributed by atoms with Crippen molar-refractivity contribution in [3.05, 3.63) is 76.3 Å². The summed E-state index contributed by atoms with van der Waals surface area (Å²) in [7, 11) is -3.00. The molecule has 3 rings (SSSR count). The lowest BCUT2D eigenvalue weighted by molar-refractivity contribution is -0.139. The summed E-state index contributed by atoms with van der Waals surface area (Å²) in [6.45, 7) is 4.23. The van der Waals surface area contributed by atoms with Crippen LogP contribution in [0.3, 0.4) is 0 Å². The zero-order valence-electron chi connectivity index (χ0n) is 20.4. The number of aryl methyl sites for hydroxylation is 2. The van der Waals surface area contributed by atoms with Gasteiger partial charge in [-0.3, -0.25) is 0 Å². The van der Waals surface area contributed by atoms with Crippen LogP contribution >= 0.6 is 11.6 Å². The molecule has 0 saturated carbocycles. The molecule has 0 aliphatic carbocycles. The minimum atomic E-state index is -3.00. The van der Waals surface area contributed by atoms with E-state index in [1.807, 2.05) is 44.2 Å². The number of benzene rings is 3. The fourth-order valence-corrected chi connectivity index (χ4v) is 4.65. The molecule has 192 valence electrons. The predicted molar refractivity (Wildman–Crippen MR) is 140 cm³/mol. The van der Waals surface area contributed by atoms with Gasteiger partial charge >= 0.3 is 5.97 Å². The van der Waals surface area contributed by atoms with Crippen molar-refractivity contribution in [1.29, 1.82) is 0 Å². The number of aliphatic carboxylic acids is 1. The lowest BCUT2D eigenvalue weighted by Gasteiger charge is -2.15. The second kappa shape index (κ2) is 12.1. The lowest BCUT2D eigenvalue weighted by atomic mass is 9.94. The van der Waals surface area contributed by atoms with E-state index in [0.29, 0.717) is 25.4 Å².